The molecule has 0 aliphatic heterocycles. The average molecular weight is 289 g/mol. The number of aliphatic hydroxyl groups excluding tert-OH is 1. The summed E-state index contributed by atoms with van der Waals surface area (Å²) in [6.45, 7) is 13.7. The molecule has 0 aromatic heterocycles. The van der Waals surface area contributed by atoms with E-state index in [0.29, 0.717) is 25.2 Å². The molecule has 0 aromatic rings. The molecule has 20 heavy (non-hydrogen) atoms. The molecule has 0 aromatic carbocycles. The van der Waals surface area contributed by atoms with Crippen molar-refractivity contribution in [2.24, 2.45) is 5.92 Å². The standard InChI is InChI=1S/C16H35NO3/c1-6-16(13-18,17-15(4)5)8-7-9-19-10-11-20-12-14(2)3/h14-15,17-18H,6-13H2,1-5H3. The molecule has 122 valence electrons. The van der Waals surface area contributed by atoms with Gasteiger partial charge in [0.05, 0.1) is 19.8 Å². The largest absolute Gasteiger partial charge is 0.394 e. The smallest absolute Gasteiger partial charge is 0.0700 e. The lowest BCUT2D eigenvalue weighted by atomic mass is 9.90. The van der Waals surface area contributed by atoms with Crippen molar-refractivity contribution in [2.75, 3.05) is 33.0 Å². The highest BCUT2D eigenvalue weighted by Crippen LogP contribution is 2.18. The number of nitrogens with one attached hydrogen (secondary N) is 1. The fourth-order valence-electron chi connectivity index (χ4n) is 2.25. The predicted molar refractivity (Wildman–Crippen MR) is 84.1 cm³/mol. The van der Waals surface area contributed by atoms with E-state index in [1.165, 1.54) is 0 Å². The fraction of sp³-hybridized carbons (Fsp3) is 1.00. The minimum atomic E-state index is -0.161. The summed E-state index contributed by atoms with van der Waals surface area (Å²) < 4.78 is 11.0. The molecule has 0 aliphatic carbocycles. The van der Waals surface area contributed by atoms with Crippen LogP contribution in [0.3, 0.4) is 0 Å². The zero-order valence-electron chi connectivity index (χ0n) is 14.1. The van der Waals surface area contributed by atoms with Gasteiger partial charge in [-0.2, -0.15) is 0 Å². The molecule has 4 nitrogen and oxygen atoms in total. The second-order valence-corrected chi connectivity index (χ2v) is 6.28. The second-order valence-electron chi connectivity index (χ2n) is 6.28. The van der Waals surface area contributed by atoms with Crippen LogP contribution in [0.5, 0.6) is 0 Å². The number of ether oxygens (including phenoxy) is 2. The third-order valence-corrected chi connectivity index (χ3v) is 3.34. The topological polar surface area (TPSA) is 50.7 Å². The van der Waals surface area contributed by atoms with Crippen LogP contribution in [0.2, 0.25) is 0 Å². The van der Waals surface area contributed by atoms with Gasteiger partial charge >= 0.3 is 0 Å². The first-order chi connectivity index (χ1) is 9.45. The molecule has 0 saturated heterocycles. The Bertz CT molecular complexity index is 216. The highest BCUT2D eigenvalue weighted by molar-refractivity contribution is 4.87. The van der Waals surface area contributed by atoms with Gasteiger partial charge in [0.1, 0.15) is 0 Å². The highest BCUT2D eigenvalue weighted by Gasteiger charge is 2.26. The summed E-state index contributed by atoms with van der Waals surface area (Å²) in [6, 6.07) is 0.382. The van der Waals surface area contributed by atoms with E-state index in [9.17, 15) is 5.11 Å². The summed E-state index contributed by atoms with van der Waals surface area (Å²) in [6.07, 6.45) is 2.82. The molecule has 0 fully saturated rings. The van der Waals surface area contributed by atoms with Crippen molar-refractivity contribution in [3.63, 3.8) is 0 Å². The van der Waals surface area contributed by atoms with Gasteiger partial charge in [0.25, 0.3) is 0 Å². The SMILES string of the molecule is CCC(CO)(CCCOCCOCC(C)C)NC(C)C. The first kappa shape index (κ1) is 19.8. The van der Waals surface area contributed by atoms with Crippen LogP contribution in [0.25, 0.3) is 0 Å². The van der Waals surface area contributed by atoms with Crippen molar-refractivity contribution in [3.05, 3.63) is 0 Å². The van der Waals surface area contributed by atoms with Gasteiger partial charge in [0, 0.05) is 24.8 Å². The van der Waals surface area contributed by atoms with Crippen LogP contribution in [-0.4, -0.2) is 49.7 Å². The quantitative estimate of drug-likeness (QED) is 0.512. The first-order valence-corrected chi connectivity index (χ1v) is 8.00. The molecule has 1 atom stereocenters. The Balaban J connectivity index is 3.69. The minimum Gasteiger partial charge on any atom is -0.394 e. The lowest BCUT2D eigenvalue weighted by Crippen LogP contribution is -2.51. The van der Waals surface area contributed by atoms with Crippen LogP contribution in [0.15, 0.2) is 0 Å². The summed E-state index contributed by atoms with van der Waals surface area (Å²) in [5.74, 6) is 0.576. The van der Waals surface area contributed by atoms with Crippen LogP contribution >= 0.6 is 0 Å². The van der Waals surface area contributed by atoms with Crippen molar-refractivity contribution in [1.82, 2.24) is 5.32 Å². The number of hydrogen-bond donors (Lipinski definition) is 2. The third-order valence-electron chi connectivity index (χ3n) is 3.34. The Kier molecular flexibility index (Phi) is 11.4. The van der Waals surface area contributed by atoms with E-state index in [1.54, 1.807) is 0 Å². The van der Waals surface area contributed by atoms with Gasteiger partial charge < -0.3 is 19.9 Å². The van der Waals surface area contributed by atoms with Crippen molar-refractivity contribution in [3.8, 4) is 0 Å². The molecular weight excluding hydrogens is 254 g/mol. The Hall–Kier alpha value is -0.160. The van der Waals surface area contributed by atoms with Crippen molar-refractivity contribution in [2.45, 2.75) is 65.5 Å². The zero-order valence-corrected chi connectivity index (χ0v) is 14.1. The Labute approximate surface area is 125 Å². The fourth-order valence-corrected chi connectivity index (χ4v) is 2.25. The van der Waals surface area contributed by atoms with Gasteiger partial charge in [-0.05, 0) is 25.2 Å². The number of aliphatic hydroxyl groups is 1. The van der Waals surface area contributed by atoms with Gasteiger partial charge in [-0.15, -0.1) is 0 Å². The van der Waals surface area contributed by atoms with Gasteiger partial charge in [-0.3, -0.25) is 0 Å². The Morgan fingerprint density at radius 1 is 1.05 bits per heavy atom. The van der Waals surface area contributed by atoms with Crippen LogP contribution < -0.4 is 5.32 Å². The maximum absolute atomic E-state index is 9.63. The monoisotopic (exact) mass is 289 g/mol. The van der Waals surface area contributed by atoms with Crippen LogP contribution in [-0.2, 0) is 9.47 Å². The molecule has 0 saturated carbocycles. The van der Waals surface area contributed by atoms with Gasteiger partial charge in [0.2, 0.25) is 0 Å². The highest BCUT2D eigenvalue weighted by atomic mass is 16.5. The van der Waals surface area contributed by atoms with E-state index < -0.39 is 0 Å². The van der Waals surface area contributed by atoms with Gasteiger partial charge in [0.15, 0.2) is 0 Å². The molecule has 0 heterocycles. The Morgan fingerprint density at radius 3 is 2.20 bits per heavy atom. The maximum Gasteiger partial charge on any atom is 0.0700 e. The van der Waals surface area contributed by atoms with E-state index in [0.717, 1.165) is 32.5 Å². The summed E-state index contributed by atoms with van der Waals surface area (Å²) in [5, 5.41) is 13.1. The molecule has 1 unspecified atom stereocenters. The van der Waals surface area contributed by atoms with Crippen molar-refractivity contribution >= 4 is 0 Å². The van der Waals surface area contributed by atoms with E-state index in [-0.39, 0.29) is 12.1 Å². The first-order valence-electron chi connectivity index (χ1n) is 8.00. The minimum absolute atomic E-state index is 0.161. The molecule has 0 amide bonds. The van der Waals surface area contributed by atoms with E-state index in [2.05, 4.69) is 39.9 Å². The normalized spacial score (nSPS) is 15.0. The third kappa shape index (κ3) is 9.70. The number of rotatable bonds is 13. The van der Waals surface area contributed by atoms with E-state index in [1.807, 2.05) is 0 Å². The Morgan fingerprint density at radius 2 is 1.70 bits per heavy atom. The van der Waals surface area contributed by atoms with Crippen LogP contribution in [0.4, 0.5) is 0 Å². The molecule has 2 N–H and O–H groups in total. The molecule has 0 rings (SSSR count). The molecule has 0 spiro atoms. The lowest BCUT2D eigenvalue weighted by Gasteiger charge is -2.34. The summed E-state index contributed by atoms with van der Waals surface area (Å²) >= 11 is 0. The maximum atomic E-state index is 9.63. The zero-order chi connectivity index (χ0) is 15.4. The summed E-state index contributed by atoms with van der Waals surface area (Å²) in [7, 11) is 0. The molecule has 4 heteroatoms. The number of hydrogen-bond acceptors (Lipinski definition) is 4. The van der Waals surface area contributed by atoms with E-state index in [4.69, 9.17) is 9.47 Å². The van der Waals surface area contributed by atoms with Gasteiger partial charge in [-0.1, -0.05) is 34.6 Å². The van der Waals surface area contributed by atoms with Crippen LogP contribution in [0.1, 0.15) is 53.9 Å². The van der Waals surface area contributed by atoms with Crippen molar-refractivity contribution in [1.29, 1.82) is 0 Å². The molecule has 0 aliphatic rings. The predicted octanol–water partition coefficient (Wildman–Crippen LogP) is 2.59. The molecule has 0 radical (unpaired) electrons. The lowest BCUT2D eigenvalue weighted by molar-refractivity contribution is 0.0327. The molecule has 0 bridgehead atoms. The van der Waals surface area contributed by atoms with Crippen LogP contribution in [0, 0.1) is 5.92 Å². The van der Waals surface area contributed by atoms with Crippen molar-refractivity contribution < 1.29 is 14.6 Å². The summed E-state index contributed by atoms with van der Waals surface area (Å²) in [5.41, 5.74) is -0.161. The summed E-state index contributed by atoms with van der Waals surface area (Å²) in [4.78, 5) is 0. The molecular formula is C16H35NO3. The van der Waals surface area contributed by atoms with E-state index >= 15 is 0 Å². The average Bonchev–Trinajstić information content (AvgIpc) is 2.39. The van der Waals surface area contributed by atoms with Gasteiger partial charge in [-0.25, -0.2) is 0 Å². The second kappa shape index (κ2) is 11.5.